The van der Waals surface area contributed by atoms with Crippen LogP contribution in [0, 0.1) is 12.3 Å². The number of nitrogens with one attached hydrogen (secondary N) is 1. The van der Waals surface area contributed by atoms with Crippen LogP contribution in [0.3, 0.4) is 0 Å². The van der Waals surface area contributed by atoms with Gasteiger partial charge < -0.3 is 4.90 Å². The van der Waals surface area contributed by atoms with E-state index >= 15 is 0 Å². The summed E-state index contributed by atoms with van der Waals surface area (Å²) in [6, 6.07) is 6.48. The smallest absolute Gasteiger partial charge is 0.264 e. The summed E-state index contributed by atoms with van der Waals surface area (Å²) in [5, 5.41) is 0. The lowest BCUT2D eigenvalue weighted by atomic mass is 9.79. The molecule has 0 saturated carbocycles. The number of hydrogen-bond donors (Lipinski definition) is 1. The first-order valence-electron chi connectivity index (χ1n) is 8.90. The Labute approximate surface area is 156 Å². The molecule has 1 heterocycles. The number of carbonyl (C=O) groups is 2. The van der Waals surface area contributed by atoms with E-state index in [0.717, 1.165) is 6.42 Å². The molecule has 1 fully saturated rings. The maximum atomic E-state index is 12.8. The fourth-order valence-electron chi connectivity index (χ4n) is 3.36. The third-order valence-electron chi connectivity index (χ3n) is 5.22. The molecule has 2 amide bonds. The van der Waals surface area contributed by atoms with Crippen molar-refractivity contribution in [3.05, 3.63) is 29.8 Å². The van der Waals surface area contributed by atoms with E-state index in [1.54, 1.807) is 32.0 Å². The lowest BCUT2D eigenvalue weighted by Gasteiger charge is -2.51. The average molecular weight is 381 g/mol. The van der Waals surface area contributed by atoms with Crippen molar-refractivity contribution in [2.45, 2.75) is 64.3 Å². The van der Waals surface area contributed by atoms with Gasteiger partial charge in [-0.3, -0.25) is 9.59 Å². The number of benzene rings is 1. The molecular weight excluding hydrogens is 352 g/mol. The molecule has 1 unspecified atom stereocenters. The highest BCUT2D eigenvalue weighted by Crippen LogP contribution is 2.37. The number of nitrogens with zero attached hydrogens (tertiary/aromatic N) is 1. The van der Waals surface area contributed by atoms with E-state index in [1.807, 2.05) is 20.8 Å². The molecule has 0 aliphatic carbocycles. The first kappa shape index (κ1) is 20.4. The highest BCUT2D eigenvalue weighted by molar-refractivity contribution is 7.90. The zero-order valence-electron chi connectivity index (χ0n) is 16.1. The molecule has 6 nitrogen and oxygen atoms in total. The second kappa shape index (κ2) is 7.02. The van der Waals surface area contributed by atoms with Crippen LogP contribution in [-0.2, 0) is 19.6 Å². The van der Waals surface area contributed by atoms with Crippen molar-refractivity contribution in [2.75, 3.05) is 6.54 Å². The normalized spacial score (nSPS) is 20.4. The van der Waals surface area contributed by atoms with Gasteiger partial charge in [0.05, 0.1) is 4.90 Å². The van der Waals surface area contributed by atoms with E-state index in [2.05, 4.69) is 4.72 Å². The maximum Gasteiger partial charge on any atom is 0.264 e. The van der Waals surface area contributed by atoms with Crippen molar-refractivity contribution < 1.29 is 18.0 Å². The minimum atomic E-state index is -3.98. The largest absolute Gasteiger partial charge is 0.328 e. The van der Waals surface area contributed by atoms with Crippen LogP contribution in [0.5, 0.6) is 0 Å². The summed E-state index contributed by atoms with van der Waals surface area (Å²) in [6.45, 7) is 9.48. The highest BCUT2D eigenvalue weighted by atomic mass is 32.2. The number of hydrogen-bond acceptors (Lipinski definition) is 4. The van der Waals surface area contributed by atoms with Gasteiger partial charge in [0.25, 0.3) is 15.9 Å². The molecule has 1 atom stereocenters. The third-order valence-corrected chi connectivity index (χ3v) is 6.71. The Kier molecular flexibility index (Phi) is 5.52. The summed E-state index contributed by atoms with van der Waals surface area (Å²) in [5.41, 5.74) is -1.16. The molecule has 0 spiro atoms. The van der Waals surface area contributed by atoms with Crippen molar-refractivity contribution in [1.29, 1.82) is 0 Å². The lowest BCUT2D eigenvalue weighted by molar-refractivity contribution is -0.163. The van der Waals surface area contributed by atoms with Crippen LogP contribution in [0.1, 0.15) is 52.5 Å². The zero-order chi connectivity index (χ0) is 19.8. The van der Waals surface area contributed by atoms with Crippen molar-refractivity contribution in [3.8, 4) is 0 Å². The SMILES string of the molecule is CCCC(C)(C)C(=O)N1CCC1(C)C(=O)NS(=O)(=O)c1ccccc1C. The Morgan fingerprint density at radius 1 is 1.27 bits per heavy atom. The number of amides is 2. The predicted molar refractivity (Wildman–Crippen MR) is 99.9 cm³/mol. The first-order chi connectivity index (χ1) is 12.0. The predicted octanol–water partition coefficient (Wildman–Crippen LogP) is 2.62. The molecule has 0 radical (unpaired) electrons. The van der Waals surface area contributed by atoms with E-state index in [-0.39, 0.29) is 10.8 Å². The maximum absolute atomic E-state index is 12.8. The summed E-state index contributed by atoms with van der Waals surface area (Å²) in [7, 11) is -3.98. The monoisotopic (exact) mass is 380 g/mol. The van der Waals surface area contributed by atoms with Crippen LogP contribution in [0.15, 0.2) is 29.2 Å². The second-order valence-electron chi connectivity index (χ2n) is 7.81. The van der Waals surface area contributed by atoms with Crippen LogP contribution >= 0.6 is 0 Å². The fraction of sp³-hybridized carbons (Fsp3) is 0.579. The van der Waals surface area contributed by atoms with Gasteiger partial charge in [0.2, 0.25) is 5.91 Å². The molecule has 2 rings (SSSR count). The number of carbonyl (C=O) groups excluding carboxylic acids is 2. The van der Waals surface area contributed by atoms with Crippen LogP contribution in [-0.4, -0.2) is 37.2 Å². The third kappa shape index (κ3) is 3.63. The molecule has 26 heavy (non-hydrogen) atoms. The molecule has 1 aromatic carbocycles. The van der Waals surface area contributed by atoms with Crippen LogP contribution in [0.4, 0.5) is 0 Å². The number of sulfonamides is 1. The van der Waals surface area contributed by atoms with Crippen LogP contribution < -0.4 is 4.72 Å². The summed E-state index contributed by atoms with van der Waals surface area (Å²) in [6.07, 6.45) is 2.01. The lowest BCUT2D eigenvalue weighted by Crippen LogP contribution is -2.69. The van der Waals surface area contributed by atoms with Crippen molar-refractivity contribution in [3.63, 3.8) is 0 Å². The Balaban J connectivity index is 2.21. The van der Waals surface area contributed by atoms with Crippen molar-refractivity contribution in [1.82, 2.24) is 9.62 Å². The molecule has 1 aromatic rings. The summed E-state index contributed by atoms with van der Waals surface area (Å²) < 4.78 is 27.3. The number of likely N-dealkylation sites (tertiary alicyclic amines) is 1. The van der Waals surface area contributed by atoms with E-state index in [9.17, 15) is 18.0 Å². The summed E-state index contributed by atoms with van der Waals surface area (Å²) in [5.74, 6) is -0.774. The van der Waals surface area contributed by atoms with Gasteiger partial charge in [-0.25, -0.2) is 13.1 Å². The molecule has 7 heteroatoms. The van der Waals surface area contributed by atoms with E-state index < -0.39 is 26.9 Å². The second-order valence-corrected chi connectivity index (χ2v) is 9.47. The molecule has 144 valence electrons. The first-order valence-corrected chi connectivity index (χ1v) is 10.4. The van der Waals surface area contributed by atoms with Gasteiger partial charge in [-0.05, 0) is 38.3 Å². The van der Waals surface area contributed by atoms with Crippen molar-refractivity contribution >= 4 is 21.8 Å². The van der Waals surface area contributed by atoms with Gasteiger partial charge >= 0.3 is 0 Å². The molecule has 0 bridgehead atoms. The highest BCUT2D eigenvalue weighted by Gasteiger charge is 2.52. The number of rotatable bonds is 6. The van der Waals surface area contributed by atoms with Gasteiger partial charge in [-0.15, -0.1) is 0 Å². The van der Waals surface area contributed by atoms with Gasteiger partial charge in [0, 0.05) is 12.0 Å². The fourth-order valence-corrected chi connectivity index (χ4v) is 4.69. The van der Waals surface area contributed by atoms with E-state index in [4.69, 9.17) is 0 Å². The quantitative estimate of drug-likeness (QED) is 0.822. The molecule has 1 saturated heterocycles. The molecule has 0 aromatic heterocycles. The molecular formula is C19H28N2O4S. The summed E-state index contributed by atoms with van der Waals surface area (Å²) >= 11 is 0. The van der Waals surface area contributed by atoms with Gasteiger partial charge in [-0.1, -0.05) is 45.4 Å². The Hall–Kier alpha value is -1.89. The standard InChI is InChI=1S/C19H28N2O4S/c1-6-11-18(3,4)17(23)21-13-12-19(21,5)16(22)20-26(24,25)15-10-8-7-9-14(15)2/h7-10H,6,11-13H2,1-5H3,(H,20,22). The Morgan fingerprint density at radius 3 is 2.38 bits per heavy atom. The summed E-state index contributed by atoms with van der Waals surface area (Å²) in [4.78, 5) is 27.2. The Morgan fingerprint density at radius 2 is 1.88 bits per heavy atom. The minimum Gasteiger partial charge on any atom is -0.328 e. The molecule has 1 aliphatic heterocycles. The van der Waals surface area contributed by atoms with Gasteiger partial charge in [0.1, 0.15) is 5.54 Å². The minimum absolute atomic E-state index is 0.0699. The zero-order valence-corrected chi connectivity index (χ0v) is 16.9. The van der Waals surface area contributed by atoms with E-state index in [0.29, 0.717) is 24.9 Å². The number of aryl methyl sites for hydroxylation is 1. The van der Waals surface area contributed by atoms with E-state index in [1.165, 1.54) is 11.0 Å². The topological polar surface area (TPSA) is 83.6 Å². The van der Waals surface area contributed by atoms with Crippen LogP contribution in [0.25, 0.3) is 0 Å². The van der Waals surface area contributed by atoms with Gasteiger partial charge in [-0.2, -0.15) is 0 Å². The van der Waals surface area contributed by atoms with Gasteiger partial charge in [0.15, 0.2) is 0 Å². The average Bonchev–Trinajstić information content (AvgIpc) is 2.52. The Bertz CT molecular complexity index is 817. The molecule has 1 aliphatic rings. The van der Waals surface area contributed by atoms with Crippen LogP contribution in [0.2, 0.25) is 0 Å². The molecule has 1 N–H and O–H groups in total. The van der Waals surface area contributed by atoms with Crippen molar-refractivity contribution in [2.24, 2.45) is 5.41 Å².